The van der Waals surface area contributed by atoms with E-state index in [2.05, 4.69) is 48.5 Å². The summed E-state index contributed by atoms with van der Waals surface area (Å²) in [6, 6.07) is 0. The van der Waals surface area contributed by atoms with Crippen LogP contribution < -0.4 is 0 Å². The fraction of sp³-hybridized carbons (Fsp3) is 0.948. The minimum absolute atomic E-state index is 0.105. The predicted molar refractivity (Wildman–Crippen MR) is 391 cm³/mol. The molecule has 0 aromatic carbocycles. The van der Waals surface area contributed by atoms with Gasteiger partial charge in [-0.15, -0.1) is 0 Å². The van der Waals surface area contributed by atoms with Crippen LogP contribution in [0.1, 0.15) is 395 Å². The number of carbonyl (C=O) groups is 4. The Morgan fingerprint density at radius 2 is 0.531 bits per heavy atom. The number of aliphatic hydroxyl groups excluding tert-OH is 1. The van der Waals surface area contributed by atoms with E-state index >= 15 is 0 Å². The number of hydrogen-bond donors (Lipinski definition) is 3. The first-order valence-electron chi connectivity index (χ1n) is 39.9. The van der Waals surface area contributed by atoms with Crippen molar-refractivity contribution in [2.75, 3.05) is 39.6 Å². The molecule has 0 heterocycles. The number of unbranched alkanes of at least 4 members (excludes halogenated alkanes) is 42. The summed E-state index contributed by atoms with van der Waals surface area (Å²) in [5.74, 6) is 0.160. The van der Waals surface area contributed by atoms with Crippen LogP contribution in [0.5, 0.6) is 0 Å². The van der Waals surface area contributed by atoms with Crippen LogP contribution in [0.15, 0.2) is 0 Å². The van der Waals surface area contributed by atoms with Crippen molar-refractivity contribution in [2.24, 2.45) is 17.8 Å². The normalized spacial score (nSPS) is 14.3. The minimum atomic E-state index is -4.96. The van der Waals surface area contributed by atoms with Crippen molar-refractivity contribution >= 4 is 39.5 Å². The summed E-state index contributed by atoms with van der Waals surface area (Å²) in [6.45, 7) is 11.9. The Morgan fingerprint density at radius 1 is 0.302 bits per heavy atom. The van der Waals surface area contributed by atoms with Crippen LogP contribution in [0.3, 0.4) is 0 Å². The number of rotatable bonds is 75. The van der Waals surface area contributed by atoms with Crippen LogP contribution in [0.4, 0.5) is 0 Å². The van der Waals surface area contributed by atoms with E-state index in [1.165, 1.54) is 199 Å². The third kappa shape index (κ3) is 69.2. The van der Waals surface area contributed by atoms with E-state index < -0.39 is 97.5 Å². The highest BCUT2D eigenvalue weighted by Crippen LogP contribution is 2.45. The number of hydrogen-bond acceptors (Lipinski definition) is 15. The van der Waals surface area contributed by atoms with Crippen molar-refractivity contribution in [2.45, 2.75) is 414 Å². The first-order chi connectivity index (χ1) is 46.3. The molecule has 0 rings (SSSR count). The van der Waals surface area contributed by atoms with Gasteiger partial charge < -0.3 is 33.8 Å². The maximum Gasteiger partial charge on any atom is 0.472 e. The van der Waals surface area contributed by atoms with Crippen molar-refractivity contribution in [3.8, 4) is 0 Å². The number of phosphoric ester groups is 2. The molecule has 19 heteroatoms. The number of aliphatic hydroxyl groups is 1. The second-order valence-electron chi connectivity index (χ2n) is 28.9. The van der Waals surface area contributed by atoms with Gasteiger partial charge in [-0.3, -0.25) is 37.3 Å². The summed E-state index contributed by atoms with van der Waals surface area (Å²) < 4.78 is 68.6. The molecular formula is C77H150O17P2. The number of esters is 4. The predicted octanol–water partition coefficient (Wildman–Crippen LogP) is 22.6. The van der Waals surface area contributed by atoms with Gasteiger partial charge in [0, 0.05) is 25.7 Å². The summed E-state index contributed by atoms with van der Waals surface area (Å²) in [5.41, 5.74) is 0. The lowest BCUT2D eigenvalue weighted by molar-refractivity contribution is -0.161. The van der Waals surface area contributed by atoms with Crippen LogP contribution in [-0.4, -0.2) is 96.7 Å². The molecule has 0 saturated heterocycles. The second kappa shape index (κ2) is 67.5. The van der Waals surface area contributed by atoms with Crippen LogP contribution >= 0.6 is 15.6 Å². The average molecular weight is 1410 g/mol. The van der Waals surface area contributed by atoms with Gasteiger partial charge in [0.05, 0.1) is 26.4 Å². The quantitative estimate of drug-likeness (QED) is 0.0222. The minimum Gasteiger partial charge on any atom is -0.462 e. The second-order valence-corrected chi connectivity index (χ2v) is 31.8. The fourth-order valence-electron chi connectivity index (χ4n) is 11.7. The molecule has 0 radical (unpaired) electrons. The lowest BCUT2D eigenvalue weighted by Gasteiger charge is -2.21. The molecule has 0 bridgehead atoms. The molecule has 3 N–H and O–H groups in total. The molecule has 0 amide bonds. The molecule has 6 atom stereocenters. The van der Waals surface area contributed by atoms with Gasteiger partial charge in [0.15, 0.2) is 12.2 Å². The Balaban J connectivity index is 5.24. The van der Waals surface area contributed by atoms with Crippen molar-refractivity contribution < 1.29 is 80.2 Å². The highest BCUT2D eigenvalue weighted by molar-refractivity contribution is 7.47. The molecule has 0 aliphatic carbocycles. The standard InChI is InChI=1S/C77H150O17P2/c1-8-10-11-12-13-14-15-16-17-18-22-25-31-36-44-51-58-74(79)87-64-72(93-76(81)60-53-46-37-32-26-23-20-19-21-24-29-34-41-48-55-68(3)4)66-91-95(83,84)89-62-71(78)63-90-96(85,86)92-67-73(65-88-75(80)59-52-45-40-39-42-49-56-69(5)6)94-77(82)61-54-47-38-33-28-27-30-35-43-50-57-70(7)9-2/h68-73,78H,8-67H2,1-7H3,(H,83,84)(H,85,86)/t70?,71-,72-,73-/m1/s1. The van der Waals surface area contributed by atoms with Gasteiger partial charge in [0.1, 0.15) is 19.3 Å². The molecule has 0 aromatic heterocycles. The Morgan fingerprint density at radius 3 is 0.792 bits per heavy atom. The van der Waals surface area contributed by atoms with Gasteiger partial charge in [-0.2, -0.15) is 0 Å². The molecule has 3 unspecified atom stereocenters. The zero-order valence-corrected chi connectivity index (χ0v) is 64.6. The molecule has 0 aliphatic rings. The zero-order valence-electron chi connectivity index (χ0n) is 62.8. The van der Waals surface area contributed by atoms with E-state index in [0.29, 0.717) is 31.6 Å². The number of carbonyl (C=O) groups excluding carboxylic acids is 4. The molecular weight excluding hydrogens is 1260 g/mol. The van der Waals surface area contributed by atoms with Gasteiger partial charge in [-0.05, 0) is 43.4 Å². The maximum atomic E-state index is 13.1. The largest absolute Gasteiger partial charge is 0.472 e. The van der Waals surface area contributed by atoms with Gasteiger partial charge >= 0.3 is 39.5 Å². The third-order valence-corrected chi connectivity index (χ3v) is 20.1. The van der Waals surface area contributed by atoms with Crippen LogP contribution in [0.25, 0.3) is 0 Å². The number of phosphoric acid groups is 2. The van der Waals surface area contributed by atoms with Crippen molar-refractivity contribution in [1.82, 2.24) is 0 Å². The maximum absolute atomic E-state index is 13.1. The number of ether oxygens (including phenoxy) is 4. The lowest BCUT2D eigenvalue weighted by Crippen LogP contribution is -2.30. The highest BCUT2D eigenvalue weighted by atomic mass is 31.2. The van der Waals surface area contributed by atoms with Gasteiger partial charge in [0.2, 0.25) is 0 Å². The molecule has 570 valence electrons. The molecule has 0 spiro atoms. The van der Waals surface area contributed by atoms with Crippen molar-refractivity contribution in [3.05, 3.63) is 0 Å². The summed E-state index contributed by atoms with van der Waals surface area (Å²) in [7, 11) is -9.91. The van der Waals surface area contributed by atoms with E-state index in [9.17, 15) is 43.2 Å². The Hall–Kier alpha value is -1.94. The summed E-state index contributed by atoms with van der Waals surface area (Å²) in [4.78, 5) is 72.8. The van der Waals surface area contributed by atoms with E-state index in [-0.39, 0.29) is 25.7 Å². The Labute approximate surface area is 588 Å². The van der Waals surface area contributed by atoms with Gasteiger partial charge in [-0.1, -0.05) is 344 Å². The summed E-state index contributed by atoms with van der Waals surface area (Å²) >= 11 is 0. The summed E-state index contributed by atoms with van der Waals surface area (Å²) in [6.07, 6.45) is 54.1. The Kier molecular flexibility index (Phi) is 66.2. The van der Waals surface area contributed by atoms with Crippen LogP contribution in [0.2, 0.25) is 0 Å². The summed E-state index contributed by atoms with van der Waals surface area (Å²) in [5, 5.41) is 10.6. The first kappa shape index (κ1) is 94.1. The van der Waals surface area contributed by atoms with Crippen molar-refractivity contribution in [1.29, 1.82) is 0 Å². The molecule has 96 heavy (non-hydrogen) atoms. The first-order valence-corrected chi connectivity index (χ1v) is 42.9. The van der Waals surface area contributed by atoms with Gasteiger partial charge in [0.25, 0.3) is 0 Å². The third-order valence-electron chi connectivity index (χ3n) is 18.2. The van der Waals surface area contributed by atoms with Crippen LogP contribution in [0, 0.1) is 17.8 Å². The lowest BCUT2D eigenvalue weighted by atomic mass is 9.99. The SMILES string of the molecule is CCCCCCCCCCCCCCCCCCC(=O)OC[C@H](COP(=O)(O)OC[C@@H](O)COP(=O)(O)OC[C@@H](COC(=O)CCCCCCCCC(C)C)OC(=O)CCCCCCCCCCCCC(C)CC)OC(=O)CCCCCCCCCCCCCCCCC(C)C. The van der Waals surface area contributed by atoms with Crippen molar-refractivity contribution in [3.63, 3.8) is 0 Å². The average Bonchev–Trinajstić information content (AvgIpc) is 1.59. The van der Waals surface area contributed by atoms with E-state index in [4.69, 9.17) is 37.0 Å². The van der Waals surface area contributed by atoms with E-state index in [1.807, 2.05) is 0 Å². The smallest absolute Gasteiger partial charge is 0.462 e. The topological polar surface area (TPSA) is 237 Å². The van der Waals surface area contributed by atoms with Gasteiger partial charge in [-0.25, -0.2) is 9.13 Å². The van der Waals surface area contributed by atoms with Crippen LogP contribution in [-0.2, 0) is 65.4 Å². The molecule has 0 fully saturated rings. The fourth-order valence-corrected chi connectivity index (χ4v) is 13.3. The van der Waals surface area contributed by atoms with E-state index in [1.54, 1.807) is 0 Å². The molecule has 17 nitrogen and oxygen atoms in total. The monoisotopic (exact) mass is 1410 g/mol. The molecule has 0 aliphatic heterocycles. The molecule has 0 aromatic rings. The van der Waals surface area contributed by atoms with E-state index in [0.717, 1.165) is 108 Å². The Bertz CT molecular complexity index is 1870. The zero-order chi connectivity index (χ0) is 70.9. The highest BCUT2D eigenvalue weighted by Gasteiger charge is 2.30. The molecule has 0 saturated carbocycles.